The van der Waals surface area contributed by atoms with Gasteiger partial charge in [0.15, 0.2) is 11.7 Å². The number of aromatic nitrogens is 3. The van der Waals surface area contributed by atoms with E-state index in [4.69, 9.17) is 15.5 Å². The van der Waals surface area contributed by atoms with Gasteiger partial charge in [-0.3, -0.25) is 4.98 Å². The molecular formula is C12H16N6O2. The van der Waals surface area contributed by atoms with Gasteiger partial charge in [0.2, 0.25) is 5.89 Å². The van der Waals surface area contributed by atoms with Crippen molar-refractivity contribution in [1.29, 1.82) is 0 Å². The lowest BCUT2D eigenvalue weighted by molar-refractivity contribution is 0.318. The summed E-state index contributed by atoms with van der Waals surface area (Å²) in [5.41, 5.74) is 6.89. The number of rotatable bonds is 6. The molecule has 0 spiro atoms. The van der Waals surface area contributed by atoms with Crippen molar-refractivity contribution in [3.63, 3.8) is 0 Å². The summed E-state index contributed by atoms with van der Waals surface area (Å²) in [4.78, 5) is 8.21. The normalized spacial score (nSPS) is 11.8. The van der Waals surface area contributed by atoms with Crippen molar-refractivity contribution in [1.82, 2.24) is 20.4 Å². The fraction of sp³-hybridized carbons (Fsp3) is 0.333. The highest BCUT2D eigenvalue weighted by molar-refractivity contribution is 5.96. The average molecular weight is 276 g/mol. The van der Waals surface area contributed by atoms with E-state index < -0.39 is 0 Å². The van der Waals surface area contributed by atoms with Crippen LogP contribution in [0.25, 0.3) is 0 Å². The molecule has 0 amide bonds. The maximum Gasteiger partial charge on any atom is 0.227 e. The van der Waals surface area contributed by atoms with E-state index in [2.05, 4.69) is 25.6 Å². The zero-order valence-electron chi connectivity index (χ0n) is 11.1. The second kappa shape index (κ2) is 6.62. The maximum absolute atomic E-state index is 8.71. The van der Waals surface area contributed by atoms with Crippen LogP contribution in [0.3, 0.4) is 0 Å². The fourth-order valence-corrected chi connectivity index (χ4v) is 1.72. The predicted octanol–water partition coefficient (Wildman–Crippen LogP) is 0.200. The Bertz CT molecular complexity index is 595. The number of aryl methyl sites for hydroxylation is 1. The minimum Gasteiger partial charge on any atom is -0.409 e. The minimum atomic E-state index is -0.00470. The monoisotopic (exact) mass is 276 g/mol. The van der Waals surface area contributed by atoms with E-state index in [0.29, 0.717) is 36.9 Å². The van der Waals surface area contributed by atoms with Gasteiger partial charge in [-0.15, -0.1) is 0 Å². The van der Waals surface area contributed by atoms with E-state index in [1.807, 2.05) is 6.07 Å². The Balaban J connectivity index is 1.88. The van der Waals surface area contributed by atoms with Gasteiger partial charge in [0.25, 0.3) is 0 Å². The second-order valence-corrected chi connectivity index (χ2v) is 4.16. The zero-order valence-corrected chi connectivity index (χ0v) is 11.1. The smallest absolute Gasteiger partial charge is 0.227 e. The number of amidine groups is 1. The van der Waals surface area contributed by atoms with Crippen LogP contribution >= 0.6 is 0 Å². The van der Waals surface area contributed by atoms with Gasteiger partial charge in [0.1, 0.15) is 5.69 Å². The highest BCUT2D eigenvalue weighted by Gasteiger charge is 2.08. The standard InChI is InChI=1S/C12H16N6O2/c1-8-16-10(20-18-8)4-6-14-7-9-3-2-5-15-11(9)12(13)17-19/h2-3,5,14,19H,4,6-7H2,1H3,(H2,13,17). The fourth-order valence-electron chi connectivity index (χ4n) is 1.72. The number of nitrogens with two attached hydrogens (primary N) is 1. The molecule has 0 bridgehead atoms. The molecule has 0 aliphatic heterocycles. The lowest BCUT2D eigenvalue weighted by Crippen LogP contribution is -2.22. The van der Waals surface area contributed by atoms with Gasteiger partial charge < -0.3 is 20.8 Å². The quantitative estimate of drug-likeness (QED) is 0.226. The second-order valence-electron chi connectivity index (χ2n) is 4.16. The Morgan fingerprint density at radius 2 is 2.40 bits per heavy atom. The summed E-state index contributed by atoms with van der Waals surface area (Å²) >= 11 is 0. The summed E-state index contributed by atoms with van der Waals surface area (Å²) in [7, 11) is 0. The van der Waals surface area contributed by atoms with Gasteiger partial charge >= 0.3 is 0 Å². The molecule has 8 heteroatoms. The molecule has 4 N–H and O–H groups in total. The minimum absolute atomic E-state index is 0.00470. The first-order valence-electron chi connectivity index (χ1n) is 6.12. The summed E-state index contributed by atoms with van der Waals surface area (Å²) in [5, 5.41) is 18.6. The summed E-state index contributed by atoms with van der Waals surface area (Å²) in [6, 6.07) is 3.66. The molecule has 0 saturated heterocycles. The molecular weight excluding hydrogens is 260 g/mol. The highest BCUT2D eigenvalue weighted by atomic mass is 16.5. The van der Waals surface area contributed by atoms with Gasteiger partial charge in [-0.25, -0.2) is 0 Å². The highest BCUT2D eigenvalue weighted by Crippen LogP contribution is 2.05. The molecule has 0 saturated carbocycles. The number of oxime groups is 1. The maximum atomic E-state index is 8.71. The van der Waals surface area contributed by atoms with Crippen LogP contribution < -0.4 is 11.1 Å². The van der Waals surface area contributed by atoms with Crippen LogP contribution in [0, 0.1) is 6.92 Å². The van der Waals surface area contributed by atoms with Crippen molar-refractivity contribution < 1.29 is 9.73 Å². The third kappa shape index (κ3) is 3.51. The van der Waals surface area contributed by atoms with Gasteiger partial charge in [-0.05, 0) is 18.6 Å². The topological polar surface area (TPSA) is 122 Å². The molecule has 0 radical (unpaired) electrons. The first kappa shape index (κ1) is 13.9. The van der Waals surface area contributed by atoms with Gasteiger partial charge in [-0.2, -0.15) is 4.98 Å². The Kier molecular flexibility index (Phi) is 4.61. The molecule has 0 aliphatic rings. The molecule has 106 valence electrons. The summed E-state index contributed by atoms with van der Waals surface area (Å²) < 4.78 is 5.01. The van der Waals surface area contributed by atoms with Crippen LogP contribution in [0.1, 0.15) is 23.0 Å². The SMILES string of the molecule is Cc1noc(CCNCc2cccnc2/C(N)=N/O)n1. The van der Waals surface area contributed by atoms with Crippen LogP contribution in [-0.2, 0) is 13.0 Å². The van der Waals surface area contributed by atoms with E-state index in [9.17, 15) is 0 Å². The Morgan fingerprint density at radius 1 is 1.55 bits per heavy atom. The van der Waals surface area contributed by atoms with Gasteiger partial charge in [0.05, 0.1) is 0 Å². The molecule has 0 aliphatic carbocycles. The molecule has 0 atom stereocenters. The molecule has 8 nitrogen and oxygen atoms in total. The number of nitrogens with one attached hydrogen (secondary N) is 1. The Hall–Kier alpha value is -2.48. The molecule has 20 heavy (non-hydrogen) atoms. The Morgan fingerprint density at radius 3 is 3.10 bits per heavy atom. The van der Waals surface area contributed by atoms with E-state index in [1.165, 1.54) is 0 Å². The van der Waals surface area contributed by atoms with Crippen molar-refractivity contribution >= 4 is 5.84 Å². The first-order valence-corrected chi connectivity index (χ1v) is 6.12. The van der Waals surface area contributed by atoms with Crippen LogP contribution in [-0.4, -0.2) is 32.7 Å². The largest absolute Gasteiger partial charge is 0.409 e. The third-order valence-corrected chi connectivity index (χ3v) is 2.64. The summed E-state index contributed by atoms with van der Waals surface area (Å²) in [5.74, 6) is 1.22. The molecule has 2 rings (SSSR count). The molecule has 0 fully saturated rings. The van der Waals surface area contributed by atoms with E-state index in [0.717, 1.165) is 5.56 Å². The summed E-state index contributed by atoms with van der Waals surface area (Å²) in [6.07, 6.45) is 2.23. The van der Waals surface area contributed by atoms with Crippen LogP contribution in [0.5, 0.6) is 0 Å². The number of pyridine rings is 1. The van der Waals surface area contributed by atoms with E-state index >= 15 is 0 Å². The van der Waals surface area contributed by atoms with E-state index in [1.54, 1.807) is 19.2 Å². The van der Waals surface area contributed by atoms with Crippen LogP contribution in [0.2, 0.25) is 0 Å². The molecule has 2 aromatic heterocycles. The van der Waals surface area contributed by atoms with E-state index in [-0.39, 0.29) is 5.84 Å². The van der Waals surface area contributed by atoms with Crippen molar-refractivity contribution in [3.8, 4) is 0 Å². The molecule has 0 unspecified atom stereocenters. The Labute approximate surface area is 115 Å². The lowest BCUT2D eigenvalue weighted by atomic mass is 10.2. The van der Waals surface area contributed by atoms with Gasteiger partial charge in [-0.1, -0.05) is 16.4 Å². The zero-order chi connectivity index (χ0) is 14.4. The van der Waals surface area contributed by atoms with Crippen molar-refractivity contribution in [3.05, 3.63) is 41.3 Å². The van der Waals surface area contributed by atoms with Crippen LogP contribution in [0.4, 0.5) is 0 Å². The third-order valence-electron chi connectivity index (χ3n) is 2.64. The lowest BCUT2D eigenvalue weighted by Gasteiger charge is -2.07. The average Bonchev–Trinajstić information content (AvgIpc) is 2.89. The van der Waals surface area contributed by atoms with Crippen molar-refractivity contribution in [2.75, 3.05) is 6.54 Å². The van der Waals surface area contributed by atoms with Crippen molar-refractivity contribution in [2.45, 2.75) is 19.9 Å². The number of hydrogen-bond donors (Lipinski definition) is 3. The summed E-state index contributed by atoms with van der Waals surface area (Å²) in [6.45, 7) is 3.00. The molecule has 2 heterocycles. The van der Waals surface area contributed by atoms with Gasteiger partial charge in [0, 0.05) is 25.7 Å². The molecule has 2 aromatic rings. The number of hydrogen-bond acceptors (Lipinski definition) is 7. The predicted molar refractivity (Wildman–Crippen MR) is 71.2 cm³/mol. The number of nitrogens with zero attached hydrogens (tertiary/aromatic N) is 4. The van der Waals surface area contributed by atoms with Crippen molar-refractivity contribution in [2.24, 2.45) is 10.9 Å². The first-order chi connectivity index (χ1) is 9.70. The molecule has 0 aromatic carbocycles. The van der Waals surface area contributed by atoms with Crippen LogP contribution in [0.15, 0.2) is 28.0 Å².